The van der Waals surface area contributed by atoms with Crippen LogP contribution >= 0.6 is 0 Å². The zero-order chi connectivity index (χ0) is 49.9. The Kier molecular flexibility index (Phi) is 22.6. The molecule has 1 unspecified atom stereocenters. The first-order valence-electron chi connectivity index (χ1n) is 22.5. The summed E-state index contributed by atoms with van der Waals surface area (Å²) in [5.74, 6) is -0.886. The second kappa shape index (κ2) is 29.0. The van der Waals surface area contributed by atoms with Crippen LogP contribution < -0.4 is 20.7 Å². The molecular weight excluding hydrogens is 863 g/mol. The van der Waals surface area contributed by atoms with Gasteiger partial charge in [-0.1, -0.05) is 207 Å². The van der Waals surface area contributed by atoms with Gasteiger partial charge in [-0.25, -0.2) is 4.79 Å². The molecule has 7 aromatic rings. The third kappa shape index (κ3) is 19.9. The third-order valence-electron chi connectivity index (χ3n) is 10.6. The van der Waals surface area contributed by atoms with Crippen molar-refractivity contribution in [2.45, 2.75) is 64.9 Å². The van der Waals surface area contributed by atoms with Crippen molar-refractivity contribution in [3.63, 3.8) is 0 Å². The SMILES string of the molecule is C=C(NC(=O)Oc1ccccc1)c1ccccc1.CC(=O)C(C)(O)CC(=O)c1ccccc1.CC(=O)C(C)=O.c1ccc(CN[C@@H](c2ccccc2)[C@@H](NCc2ccccc2)c2ccccc2)cc1. The number of hydrogen-bond donors (Lipinski definition) is 4. The lowest BCUT2D eigenvalue weighted by Gasteiger charge is -2.30. The van der Waals surface area contributed by atoms with E-state index in [4.69, 9.17) is 4.74 Å². The highest BCUT2D eigenvalue weighted by molar-refractivity contribution is 6.35. The number of benzene rings is 7. The molecular formula is C59H61N3O7. The Morgan fingerprint density at radius 1 is 0.507 bits per heavy atom. The molecule has 0 aliphatic heterocycles. The average Bonchev–Trinajstić information content (AvgIpc) is 3.37. The molecule has 0 radical (unpaired) electrons. The van der Waals surface area contributed by atoms with Gasteiger partial charge < -0.3 is 20.5 Å². The lowest BCUT2D eigenvalue weighted by Crippen LogP contribution is -2.35. The summed E-state index contributed by atoms with van der Waals surface area (Å²) in [6.45, 7) is 10.6. The lowest BCUT2D eigenvalue weighted by molar-refractivity contribution is -0.134. The number of nitrogens with one attached hydrogen (secondary N) is 3. The first-order chi connectivity index (χ1) is 33.2. The molecule has 0 bridgehead atoms. The maximum absolute atomic E-state index is 11.7. The summed E-state index contributed by atoms with van der Waals surface area (Å²) in [4.78, 5) is 53.9. The van der Waals surface area contributed by atoms with Gasteiger partial charge in [-0.2, -0.15) is 0 Å². The van der Waals surface area contributed by atoms with E-state index in [0.29, 0.717) is 17.0 Å². The summed E-state index contributed by atoms with van der Waals surface area (Å²) in [6.07, 6.45) is -0.721. The van der Waals surface area contributed by atoms with E-state index in [9.17, 15) is 29.1 Å². The van der Waals surface area contributed by atoms with Crippen LogP contribution in [0.4, 0.5) is 4.79 Å². The normalized spacial score (nSPS) is 11.9. The molecule has 0 aromatic heterocycles. The van der Waals surface area contributed by atoms with Gasteiger partial charge in [0.25, 0.3) is 0 Å². The molecule has 1 amide bonds. The highest BCUT2D eigenvalue weighted by Crippen LogP contribution is 2.30. The summed E-state index contributed by atoms with van der Waals surface area (Å²) in [5, 5.41) is 19.9. The number of carbonyl (C=O) groups is 5. The van der Waals surface area contributed by atoms with Crippen molar-refractivity contribution in [1.82, 2.24) is 16.0 Å². The predicted octanol–water partition coefficient (Wildman–Crippen LogP) is 11.3. The van der Waals surface area contributed by atoms with E-state index in [1.807, 2.05) is 36.4 Å². The van der Waals surface area contributed by atoms with Crippen molar-refractivity contribution >= 4 is 34.9 Å². The number of amides is 1. The van der Waals surface area contributed by atoms with Crippen LogP contribution in [0.15, 0.2) is 219 Å². The van der Waals surface area contributed by atoms with Crippen molar-refractivity contribution in [3.05, 3.63) is 252 Å². The smallest absolute Gasteiger partial charge is 0.410 e. The van der Waals surface area contributed by atoms with E-state index in [-0.39, 0.29) is 35.9 Å². The van der Waals surface area contributed by atoms with Crippen molar-refractivity contribution < 1.29 is 33.8 Å². The van der Waals surface area contributed by atoms with Crippen molar-refractivity contribution in [2.75, 3.05) is 0 Å². The number of hydrogen-bond acceptors (Lipinski definition) is 9. The fraction of sp³-hybridized carbons (Fsp3) is 0.169. The van der Waals surface area contributed by atoms with E-state index < -0.39 is 17.5 Å². The van der Waals surface area contributed by atoms with E-state index in [1.165, 1.54) is 49.9 Å². The summed E-state index contributed by atoms with van der Waals surface area (Å²) in [7, 11) is 0. The molecule has 10 nitrogen and oxygen atoms in total. The maximum atomic E-state index is 11.7. The quantitative estimate of drug-likeness (QED) is 0.0517. The molecule has 7 aromatic carbocycles. The molecule has 7 rings (SSSR count). The molecule has 0 saturated carbocycles. The van der Waals surface area contributed by atoms with E-state index in [2.05, 4.69) is 144 Å². The number of carbonyl (C=O) groups excluding carboxylic acids is 5. The fourth-order valence-electron chi connectivity index (χ4n) is 6.44. The molecule has 0 saturated heterocycles. The van der Waals surface area contributed by atoms with Crippen molar-refractivity contribution in [2.24, 2.45) is 0 Å². The van der Waals surface area contributed by atoms with E-state index in [0.717, 1.165) is 18.7 Å². The topological polar surface area (TPSA) is 151 Å². The Labute approximate surface area is 406 Å². The minimum absolute atomic E-state index is 0.137. The monoisotopic (exact) mass is 923 g/mol. The van der Waals surface area contributed by atoms with Crippen molar-refractivity contribution in [1.29, 1.82) is 0 Å². The molecule has 10 heteroatoms. The third-order valence-corrected chi connectivity index (χ3v) is 10.6. The summed E-state index contributed by atoms with van der Waals surface area (Å²) in [5.41, 5.74) is 5.44. The van der Waals surface area contributed by atoms with Gasteiger partial charge in [0, 0.05) is 44.6 Å². The molecule has 354 valence electrons. The largest absolute Gasteiger partial charge is 0.417 e. The first kappa shape index (κ1) is 53.7. The molecule has 0 aliphatic carbocycles. The van der Waals surface area contributed by atoms with Crippen LogP contribution in [0.2, 0.25) is 0 Å². The highest BCUT2D eigenvalue weighted by Gasteiger charge is 2.30. The van der Waals surface area contributed by atoms with Crippen LogP contribution in [0.25, 0.3) is 5.70 Å². The van der Waals surface area contributed by atoms with Crippen LogP contribution in [0.3, 0.4) is 0 Å². The van der Waals surface area contributed by atoms with Gasteiger partial charge in [-0.3, -0.25) is 24.5 Å². The second-order valence-electron chi connectivity index (χ2n) is 16.1. The van der Waals surface area contributed by atoms with Gasteiger partial charge in [-0.05, 0) is 53.8 Å². The predicted molar refractivity (Wildman–Crippen MR) is 274 cm³/mol. The standard InChI is InChI=1S/C28H28N2.C15H13NO2.C12H14O3.C4H6O2/c1-5-13-23(14-6-1)21-29-27(25-17-9-3-10-18-25)28(26-19-11-4-12-20-26)30-22-24-15-7-2-8-16-24;1-12(13-8-4-2-5-9-13)16-15(17)18-14-10-6-3-7-11-14;1-9(13)12(2,15)8-11(14)10-6-4-3-5-7-10;1-3(5)4(2)6/h1-20,27-30H,21-22H2;2-11H,1H2,(H,16,17);3-7,15H,8H2,1-2H3;1-2H3/t27-,28-;;;/m0.../s1. The van der Waals surface area contributed by atoms with Gasteiger partial charge in [0.2, 0.25) is 0 Å². The van der Waals surface area contributed by atoms with Gasteiger partial charge in [-0.15, -0.1) is 0 Å². The fourth-order valence-corrected chi connectivity index (χ4v) is 6.44. The van der Waals surface area contributed by atoms with E-state index >= 15 is 0 Å². The number of aliphatic hydroxyl groups is 1. The lowest BCUT2D eigenvalue weighted by atomic mass is 9.92. The van der Waals surface area contributed by atoms with Crippen LogP contribution in [0.5, 0.6) is 5.75 Å². The number of ketones is 4. The Bertz CT molecular complexity index is 2530. The Hall–Kier alpha value is -7.89. The summed E-state index contributed by atoms with van der Waals surface area (Å²) < 4.78 is 5.10. The van der Waals surface area contributed by atoms with Crippen molar-refractivity contribution in [3.8, 4) is 5.75 Å². The second-order valence-corrected chi connectivity index (χ2v) is 16.1. The Morgan fingerprint density at radius 3 is 1.20 bits per heavy atom. The summed E-state index contributed by atoms with van der Waals surface area (Å²) >= 11 is 0. The highest BCUT2D eigenvalue weighted by atomic mass is 16.6. The minimum Gasteiger partial charge on any atom is -0.410 e. The first-order valence-corrected chi connectivity index (χ1v) is 22.5. The molecule has 3 atom stereocenters. The zero-order valence-electron chi connectivity index (χ0n) is 39.6. The van der Waals surface area contributed by atoms with Gasteiger partial charge >= 0.3 is 6.09 Å². The molecule has 4 N–H and O–H groups in total. The number of rotatable bonds is 17. The Balaban J connectivity index is 0.000000227. The molecule has 0 fully saturated rings. The Morgan fingerprint density at radius 2 is 0.841 bits per heavy atom. The van der Waals surface area contributed by atoms with Crippen LogP contribution in [-0.4, -0.2) is 39.9 Å². The number of ether oxygens (including phenoxy) is 1. The number of Topliss-reactive ketones (excluding diaryl/α,β-unsaturated/α-hetero) is 4. The molecule has 0 heterocycles. The van der Waals surface area contributed by atoms with Gasteiger partial charge in [0.15, 0.2) is 23.1 Å². The van der Waals surface area contributed by atoms with Crippen LogP contribution in [0.1, 0.15) is 84.4 Å². The zero-order valence-corrected chi connectivity index (χ0v) is 39.6. The summed E-state index contributed by atoms with van der Waals surface area (Å²) in [6, 6.07) is 69.8. The molecule has 0 spiro atoms. The van der Waals surface area contributed by atoms with E-state index in [1.54, 1.807) is 54.6 Å². The van der Waals surface area contributed by atoms with Gasteiger partial charge in [0.1, 0.15) is 11.4 Å². The molecule has 69 heavy (non-hydrogen) atoms. The maximum Gasteiger partial charge on any atom is 0.417 e. The average molecular weight is 924 g/mol. The van der Waals surface area contributed by atoms with Crippen LogP contribution in [-0.2, 0) is 27.5 Å². The van der Waals surface area contributed by atoms with Gasteiger partial charge in [0.05, 0.1) is 12.1 Å². The minimum atomic E-state index is -1.56. The number of para-hydroxylation sites is 1. The molecule has 0 aliphatic rings. The van der Waals surface area contributed by atoms with Crippen LogP contribution in [0, 0.1) is 0 Å².